The second-order valence-corrected chi connectivity index (χ2v) is 6.30. The van der Waals surface area contributed by atoms with Gasteiger partial charge in [-0.3, -0.25) is 4.79 Å². The highest BCUT2D eigenvalue weighted by atomic mass is 16.5. The maximum Gasteiger partial charge on any atom is 0.343 e. The fourth-order valence-corrected chi connectivity index (χ4v) is 3.71. The monoisotopic (exact) mass is 337 g/mol. The van der Waals surface area contributed by atoms with Gasteiger partial charge in [0.05, 0.1) is 24.8 Å². The van der Waals surface area contributed by atoms with Crippen molar-refractivity contribution in [2.24, 2.45) is 10.9 Å². The minimum atomic E-state index is -0.430. The number of ether oxygens (including phenoxy) is 1. The molecule has 4 rings (SSSR count). The second kappa shape index (κ2) is 6.27. The van der Waals surface area contributed by atoms with Crippen LogP contribution in [0.4, 0.5) is 5.82 Å². The average molecular weight is 337 g/mol. The summed E-state index contributed by atoms with van der Waals surface area (Å²) in [5, 5.41) is 4.40. The number of Topliss-reactive ketones (excluding diaryl/α,β-unsaturated/α-hetero) is 1. The van der Waals surface area contributed by atoms with Crippen LogP contribution in [-0.2, 0) is 9.53 Å². The van der Waals surface area contributed by atoms with Crippen LogP contribution in [0, 0.1) is 5.92 Å². The first-order chi connectivity index (χ1) is 12.2. The van der Waals surface area contributed by atoms with E-state index < -0.39 is 5.97 Å². The number of carbonyl (C=O) groups excluding carboxylic acids is 2. The Morgan fingerprint density at radius 3 is 2.84 bits per heavy atom. The van der Waals surface area contributed by atoms with Crippen molar-refractivity contribution >= 4 is 23.3 Å². The molecule has 0 amide bonds. The number of carbonyl (C=O) groups is 2. The number of aromatic nitrogens is 2. The van der Waals surface area contributed by atoms with Crippen molar-refractivity contribution in [3.05, 3.63) is 47.7 Å². The summed E-state index contributed by atoms with van der Waals surface area (Å²) in [6, 6.07) is 9.56. The van der Waals surface area contributed by atoms with E-state index in [0.717, 1.165) is 24.1 Å². The van der Waals surface area contributed by atoms with Crippen LogP contribution in [-0.4, -0.2) is 33.9 Å². The van der Waals surface area contributed by atoms with Gasteiger partial charge in [-0.25, -0.2) is 14.5 Å². The normalized spacial score (nSPS) is 22.0. The first kappa shape index (κ1) is 15.7. The average Bonchev–Trinajstić information content (AvgIpc) is 3.05. The number of ketones is 1. The van der Waals surface area contributed by atoms with E-state index in [1.807, 2.05) is 30.3 Å². The van der Waals surface area contributed by atoms with Crippen molar-refractivity contribution in [1.82, 2.24) is 9.78 Å². The molecule has 0 radical (unpaired) electrons. The fraction of sp³-hybridized carbons (Fsp3) is 0.368. The van der Waals surface area contributed by atoms with E-state index in [0.29, 0.717) is 24.4 Å². The number of benzene rings is 1. The van der Waals surface area contributed by atoms with Gasteiger partial charge in [-0.05, 0) is 25.3 Å². The van der Waals surface area contributed by atoms with Crippen LogP contribution >= 0.6 is 0 Å². The zero-order chi connectivity index (χ0) is 17.4. The summed E-state index contributed by atoms with van der Waals surface area (Å²) in [6.45, 7) is 2.06. The Morgan fingerprint density at radius 2 is 2.08 bits per heavy atom. The summed E-state index contributed by atoms with van der Waals surface area (Å²) in [7, 11) is 0. The van der Waals surface area contributed by atoms with E-state index >= 15 is 0 Å². The van der Waals surface area contributed by atoms with E-state index in [9.17, 15) is 9.59 Å². The standard InChI is InChI=1S/C19H19N3O3/c1-2-25-19(24)13-11-20-22-17(12-7-4-3-5-8-12)16-14(21-18(13)22)9-6-10-15(16)23/h3-5,7-8,11,16-17H,2,6,9-10H2,1H3. The Morgan fingerprint density at radius 1 is 1.28 bits per heavy atom. The van der Waals surface area contributed by atoms with Gasteiger partial charge < -0.3 is 4.74 Å². The zero-order valence-electron chi connectivity index (χ0n) is 14.0. The molecule has 0 bridgehead atoms. The molecular weight excluding hydrogens is 318 g/mol. The van der Waals surface area contributed by atoms with E-state index in [1.165, 1.54) is 6.20 Å². The molecule has 1 saturated carbocycles. The molecule has 1 aromatic heterocycles. The third kappa shape index (κ3) is 2.58. The topological polar surface area (TPSA) is 73.5 Å². The lowest BCUT2D eigenvalue weighted by molar-refractivity contribution is -0.122. The molecule has 2 aromatic rings. The summed E-state index contributed by atoms with van der Waals surface area (Å²) in [5.41, 5.74) is 2.20. The molecule has 6 nitrogen and oxygen atoms in total. The second-order valence-electron chi connectivity index (χ2n) is 6.30. The van der Waals surface area contributed by atoms with Gasteiger partial charge in [-0.1, -0.05) is 30.3 Å². The van der Waals surface area contributed by atoms with E-state index in [-0.39, 0.29) is 17.7 Å². The summed E-state index contributed by atoms with van der Waals surface area (Å²) in [4.78, 5) is 29.5. The van der Waals surface area contributed by atoms with Crippen LogP contribution in [0.2, 0.25) is 0 Å². The molecule has 2 heterocycles. The first-order valence-corrected chi connectivity index (χ1v) is 8.60. The maximum atomic E-state index is 12.7. The van der Waals surface area contributed by atoms with Gasteiger partial charge in [0, 0.05) is 12.1 Å². The van der Waals surface area contributed by atoms with Gasteiger partial charge in [0.1, 0.15) is 11.3 Å². The smallest absolute Gasteiger partial charge is 0.343 e. The van der Waals surface area contributed by atoms with Crippen molar-refractivity contribution in [3.63, 3.8) is 0 Å². The van der Waals surface area contributed by atoms with Crippen LogP contribution in [0.3, 0.4) is 0 Å². The zero-order valence-corrected chi connectivity index (χ0v) is 14.0. The fourth-order valence-electron chi connectivity index (χ4n) is 3.71. The third-order valence-electron chi connectivity index (χ3n) is 4.80. The number of fused-ring (bicyclic) bond motifs is 2. The Labute approximate surface area is 145 Å². The lowest BCUT2D eigenvalue weighted by Gasteiger charge is -2.34. The third-order valence-corrected chi connectivity index (χ3v) is 4.80. The highest BCUT2D eigenvalue weighted by Gasteiger charge is 2.42. The van der Waals surface area contributed by atoms with Crippen molar-refractivity contribution in [1.29, 1.82) is 0 Å². The van der Waals surface area contributed by atoms with Gasteiger partial charge in [0.25, 0.3) is 0 Å². The summed E-state index contributed by atoms with van der Waals surface area (Å²) >= 11 is 0. The molecule has 0 spiro atoms. The highest BCUT2D eigenvalue weighted by Crippen LogP contribution is 2.41. The van der Waals surface area contributed by atoms with Gasteiger partial charge in [0.2, 0.25) is 0 Å². The predicted octanol–water partition coefficient (Wildman–Crippen LogP) is 3.10. The van der Waals surface area contributed by atoms with Crippen LogP contribution < -0.4 is 0 Å². The molecule has 1 aliphatic heterocycles. The lowest BCUT2D eigenvalue weighted by atomic mass is 9.77. The van der Waals surface area contributed by atoms with Crippen LogP contribution in [0.15, 0.2) is 41.5 Å². The van der Waals surface area contributed by atoms with E-state index in [1.54, 1.807) is 11.6 Å². The predicted molar refractivity (Wildman–Crippen MR) is 92.2 cm³/mol. The van der Waals surface area contributed by atoms with Gasteiger partial charge in [-0.15, -0.1) is 0 Å². The largest absolute Gasteiger partial charge is 0.462 e. The number of hydrogen-bond donors (Lipinski definition) is 0. The van der Waals surface area contributed by atoms with E-state index in [2.05, 4.69) is 10.1 Å². The summed E-state index contributed by atoms with van der Waals surface area (Å²) < 4.78 is 6.83. The molecule has 6 heteroatoms. The Bertz CT molecular complexity index is 854. The van der Waals surface area contributed by atoms with Crippen LogP contribution in [0.1, 0.15) is 48.1 Å². The number of esters is 1. The Balaban J connectivity index is 1.88. The number of aliphatic imine (C=N–C) groups is 1. The van der Waals surface area contributed by atoms with Crippen molar-refractivity contribution in [2.45, 2.75) is 32.2 Å². The SMILES string of the molecule is CCOC(=O)c1cnn2c1N=C1CCCC(=O)C1C2c1ccccc1. The minimum Gasteiger partial charge on any atom is -0.462 e. The molecule has 1 aliphatic carbocycles. The molecule has 128 valence electrons. The van der Waals surface area contributed by atoms with Gasteiger partial charge in [0.15, 0.2) is 5.82 Å². The molecule has 2 unspecified atom stereocenters. The quantitative estimate of drug-likeness (QED) is 0.807. The van der Waals surface area contributed by atoms with Crippen molar-refractivity contribution < 1.29 is 14.3 Å². The Kier molecular flexibility index (Phi) is 3.95. The highest BCUT2D eigenvalue weighted by molar-refractivity contribution is 6.10. The maximum absolute atomic E-state index is 12.7. The molecule has 0 saturated heterocycles. The van der Waals surface area contributed by atoms with Crippen molar-refractivity contribution in [2.75, 3.05) is 6.61 Å². The molecule has 25 heavy (non-hydrogen) atoms. The minimum absolute atomic E-state index is 0.192. The van der Waals surface area contributed by atoms with Crippen molar-refractivity contribution in [3.8, 4) is 0 Å². The molecule has 2 atom stereocenters. The summed E-state index contributed by atoms with van der Waals surface area (Å²) in [6.07, 6.45) is 3.63. The number of rotatable bonds is 3. The summed E-state index contributed by atoms with van der Waals surface area (Å²) in [5.74, 6) is -0.0509. The van der Waals surface area contributed by atoms with Gasteiger partial charge in [-0.2, -0.15) is 5.10 Å². The number of hydrogen-bond acceptors (Lipinski definition) is 5. The molecule has 1 aromatic carbocycles. The molecule has 0 N–H and O–H groups in total. The number of nitrogens with zero attached hydrogens (tertiary/aromatic N) is 3. The molecule has 1 fully saturated rings. The first-order valence-electron chi connectivity index (χ1n) is 8.60. The lowest BCUT2D eigenvalue weighted by Crippen LogP contribution is -2.39. The van der Waals surface area contributed by atoms with E-state index in [4.69, 9.17) is 4.74 Å². The molecular formula is C19H19N3O3. The Hall–Kier alpha value is -2.76. The van der Waals surface area contributed by atoms with Gasteiger partial charge >= 0.3 is 5.97 Å². The molecule has 2 aliphatic rings. The van der Waals surface area contributed by atoms with Crippen LogP contribution in [0.25, 0.3) is 0 Å². The van der Waals surface area contributed by atoms with Crippen LogP contribution in [0.5, 0.6) is 0 Å².